The third-order valence-electron chi connectivity index (χ3n) is 4.08. The molecule has 0 atom stereocenters. The number of likely N-dealkylation sites (N-methyl/N-ethyl adjacent to an activating group) is 1. The van der Waals surface area contributed by atoms with Crippen LogP contribution in [0.15, 0.2) is 30.3 Å². The zero-order valence-electron chi connectivity index (χ0n) is 12.2. The van der Waals surface area contributed by atoms with Crippen LogP contribution in [0.1, 0.15) is 22.5 Å². The predicted octanol–water partition coefficient (Wildman–Crippen LogP) is 2.72. The van der Waals surface area contributed by atoms with Crippen LogP contribution in [-0.2, 0) is 11.8 Å². The standard InChI is InChI=1S/C17H15N3O/c1-11-12(8-13(10-18)19(11)2)9-15-14-6-4-5-7-16(14)20(3)17(15)21/h4-9H,1-3H3/b15-9-. The Morgan fingerprint density at radius 1 is 1.24 bits per heavy atom. The van der Waals surface area contributed by atoms with Crippen molar-refractivity contribution in [2.24, 2.45) is 7.05 Å². The lowest BCUT2D eigenvalue weighted by molar-refractivity contribution is -0.112. The molecular formula is C17H15N3O. The first-order valence-electron chi connectivity index (χ1n) is 6.70. The van der Waals surface area contributed by atoms with E-state index in [0.717, 1.165) is 22.5 Å². The summed E-state index contributed by atoms with van der Waals surface area (Å²) in [7, 11) is 3.63. The molecule has 3 rings (SSSR count). The van der Waals surface area contributed by atoms with E-state index < -0.39 is 0 Å². The van der Waals surface area contributed by atoms with Gasteiger partial charge in [0.25, 0.3) is 5.91 Å². The van der Waals surface area contributed by atoms with Gasteiger partial charge in [0.1, 0.15) is 11.8 Å². The number of nitrogens with zero attached hydrogens (tertiary/aromatic N) is 3. The quantitative estimate of drug-likeness (QED) is 0.752. The maximum absolute atomic E-state index is 12.4. The van der Waals surface area contributed by atoms with E-state index in [1.807, 2.05) is 54.9 Å². The van der Waals surface area contributed by atoms with Crippen molar-refractivity contribution in [1.29, 1.82) is 5.26 Å². The second-order valence-corrected chi connectivity index (χ2v) is 5.18. The second-order valence-electron chi connectivity index (χ2n) is 5.18. The molecule has 2 aromatic rings. The first-order chi connectivity index (χ1) is 10.0. The minimum atomic E-state index is -0.0158. The van der Waals surface area contributed by atoms with Crippen LogP contribution in [0.5, 0.6) is 0 Å². The molecule has 1 aliphatic heterocycles. The van der Waals surface area contributed by atoms with Crippen LogP contribution >= 0.6 is 0 Å². The first kappa shape index (κ1) is 13.2. The second kappa shape index (κ2) is 4.64. The fraction of sp³-hybridized carbons (Fsp3) is 0.176. The van der Waals surface area contributed by atoms with E-state index in [0.29, 0.717) is 11.3 Å². The highest BCUT2D eigenvalue weighted by Gasteiger charge is 2.29. The summed E-state index contributed by atoms with van der Waals surface area (Å²) in [5, 5.41) is 9.10. The fourth-order valence-electron chi connectivity index (χ4n) is 2.67. The van der Waals surface area contributed by atoms with Gasteiger partial charge in [0.2, 0.25) is 0 Å². The number of para-hydroxylation sites is 1. The monoisotopic (exact) mass is 277 g/mol. The molecule has 1 aromatic carbocycles. The largest absolute Gasteiger partial charge is 0.339 e. The number of fused-ring (bicyclic) bond motifs is 1. The number of anilines is 1. The van der Waals surface area contributed by atoms with Crippen molar-refractivity contribution in [2.75, 3.05) is 11.9 Å². The number of rotatable bonds is 1. The van der Waals surface area contributed by atoms with E-state index in [4.69, 9.17) is 5.26 Å². The third kappa shape index (κ3) is 1.86. The molecule has 1 amide bonds. The molecule has 0 saturated heterocycles. The number of hydrogen-bond acceptors (Lipinski definition) is 2. The van der Waals surface area contributed by atoms with Crippen molar-refractivity contribution < 1.29 is 4.79 Å². The van der Waals surface area contributed by atoms with Gasteiger partial charge < -0.3 is 9.47 Å². The third-order valence-corrected chi connectivity index (χ3v) is 4.08. The molecule has 0 N–H and O–H groups in total. The van der Waals surface area contributed by atoms with E-state index in [9.17, 15) is 4.79 Å². The van der Waals surface area contributed by atoms with Crippen LogP contribution in [0.4, 0.5) is 5.69 Å². The summed E-state index contributed by atoms with van der Waals surface area (Å²) >= 11 is 0. The summed E-state index contributed by atoms with van der Waals surface area (Å²) in [6.45, 7) is 1.95. The Morgan fingerprint density at radius 2 is 1.95 bits per heavy atom. The number of amides is 1. The number of carbonyl (C=O) groups is 1. The van der Waals surface area contributed by atoms with Crippen LogP contribution in [0.2, 0.25) is 0 Å². The van der Waals surface area contributed by atoms with E-state index in [1.54, 1.807) is 11.9 Å². The van der Waals surface area contributed by atoms with Crippen molar-refractivity contribution in [3.8, 4) is 6.07 Å². The summed E-state index contributed by atoms with van der Waals surface area (Å²) in [4.78, 5) is 14.1. The highest BCUT2D eigenvalue weighted by atomic mass is 16.2. The molecule has 0 bridgehead atoms. The molecule has 2 heterocycles. The van der Waals surface area contributed by atoms with Crippen LogP contribution < -0.4 is 4.90 Å². The summed E-state index contributed by atoms with van der Waals surface area (Å²) in [5.41, 5.74) is 4.99. The predicted molar refractivity (Wildman–Crippen MR) is 82.6 cm³/mol. The molecule has 4 nitrogen and oxygen atoms in total. The van der Waals surface area contributed by atoms with Gasteiger partial charge >= 0.3 is 0 Å². The van der Waals surface area contributed by atoms with E-state index in [1.165, 1.54) is 0 Å². The average Bonchev–Trinajstić information content (AvgIpc) is 2.91. The summed E-state index contributed by atoms with van der Waals surface area (Å²) in [6, 6.07) is 11.7. The van der Waals surface area contributed by atoms with Crippen LogP contribution in [-0.4, -0.2) is 17.5 Å². The average molecular weight is 277 g/mol. The van der Waals surface area contributed by atoms with E-state index in [2.05, 4.69) is 6.07 Å². The highest BCUT2D eigenvalue weighted by Crippen LogP contribution is 2.36. The Hall–Kier alpha value is -2.80. The molecule has 0 radical (unpaired) electrons. The molecule has 1 aromatic heterocycles. The SMILES string of the molecule is Cc1c(/C=C2\C(=O)N(C)c3ccccc32)cc(C#N)n1C. The minimum Gasteiger partial charge on any atom is -0.339 e. The number of aromatic nitrogens is 1. The zero-order chi connectivity index (χ0) is 15.1. The fourth-order valence-corrected chi connectivity index (χ4v) is 2.67. The van der Waals surface area contributed by atoms with Gasteiger partial charge in [0.05, 0.1) is 5.69 Å². The molecule has 1 aliphatic rings. The molecule has 0 unspecified atom stereocenters. The topological polar surface area (TPSA) is 49.0 Å². The van der Waals surface area contributed by atoms with Crippen LogP contribution in [0.3, 0.4) is 0 Å². The smallest absolute Gasteiger partial charge is 0.258 e. The molecule has 0 saturated carbocycles. The number of carbonyl (C=O) groups excluding carboxylic acids is 1. The molecule has 104 valence electrons. The summed E-state index contributed by atoms with van der Waals surface area (Å²) < 4.78 is 1.83. The highest BCUT2D eigenvalue weighted by molar-refractivity contribution is 6.35. The lowest BCUT2D eigenvalue weighted by atomic mass is 10.0. The molecular weight excluding hydrogens is 262 g/mol. The summed E-state index contributed by atoms with van der Waals surface area (Å²) in [5.74, 6) is -0.0158. The Bertz CT molecular complexity index is 821. The van der Waals surface area contributed by atoms with Gasteiger partial charge in [-0.15, -0.1) is 0 Å². The number of benzene rings is 1. The van der Waals surface area contributed by atoms with Gasteiger partial charge in [0, 0.05) is 30.9 Å². The van der Waals surface area contributed by atoms with Crippen molar-refractivity contribution in [2.45, 2.75) is 6.92 Å². The maximum atomic E-state index is 12.4. The van der Waals surface area contributed by atoms with Gasteiger partial charge in [-0.05, 0) is 30.7 Å². The molecule has 0 spiro atoms. The normalized spacial score (nSPS) is 15.4. The minimum absolute atomic E-state index is 0.0158. The van der Waals surface area contributed by atoms with E-state index >= 15 is 0 Å². The van der Waals surface area contributed by atoms with Gasteiger partial charge in [-0.2, -0.15) is 5.26 Å². The summed E-state index contributed by atoms with van der Waals surface area (Å²) in [6.07, 6.45) is 1.88. The molecule has 0 aliphatic carbocycles. The lowest BCUT2D eigenvalue weighted by Gasteiger charge is -2.07. The molecule has 21 heavy (non-hydrogen) atoms. The lowest BCUT2D eigenvalue weighted by Crippen LogP contribution is -2.20. The van der Waals surface area contributed by atoms with Crippen molar-refractivity contribution in [1.82, 2.24) is 4.57 Å². The molecule has 4 heteroatoms. The van der Waals surface area contributed by atoms with Crippen LogP contribution in [0, 0.1) is 18.3 Å². The van der Waals surface area contributed by atoms with Gasteiger partial charge in [-0.3, -0.25) is 4.79 Å². The number of hydrogen-bond donors (Lipinski definition) is 0. The van der Waals surface area contributed by atoms with E-state index in [-0.39, 0.29) is 5.91 Å². The molecule has 0 fully saturated rings. The maximum Gasteiger partial charge on any atom is 0.258 e. The Balaban J connectivity index is 2.17. The Kier molecular flexibility index (Phi) is 2.91. The van der Waals surface area contributed by atoms with Gasteiger partial charge in [0.15, 0.2) is 0 Å². The Morgan fingerprint density at radius 3 is 2.62 bits per heavy atom. The Labute approximate surface area is 123 Å². The van der Waals surface area contributed by atoms with Gasteiger partial charge in [-0.1, -0.05) is 18.2 Å². The van der Waals surface area contributed by atoms with Crippen LogP contribution in [0.25, 0.3) is 11.6 Å². The number of nitriles is 1. The first-order valence-corrected chi connectivity index (χ1v) is 6.70. The van der Waals surface area contributed by atoms with Crippen molar-refractivity contribution in [3.05, 3.63) is 52.8 Å². The zero-order valence-corrected chi connectivity index (χ0v) is 12.2. The van der Waals surface area contributed by atoms with Gasteiger partial charge in [-0.25, -0.2) is 0 Å². The van der Waals surface area contributed by atoms with Crippen molar-refractivity contribution >= 4 is 23.2 Å². The van der Waals surface area contributed by atoms with Crippen molar-refractivity contribution in [3.63, 3.8) is 0 Å².